The summed E-state index contributed by atoms with van der Waals surface area (Å²) in [5.41, 5.74) is 1.77. The molecule has 1 aliphatic heterocycles. The highest BCUT2D eigenvalue weighted by Gasteiger charge is 2.28. The van der Waals surface area contributed by atoms with Gasteiger partial charge in [-0.25, -0.2) is 4.98 Å². The van der Waals surface area contributed by atoms with Crippen LogP contribution in [0.1, 0.15) is 32.6 Å². The molecule has 6 heteroatoms. The molecular formula is C19H23N3O2S. The van der Waals surface area contributed by atoms with Crippen LogP contribution < -0.4 is 5.32 Å². The number of anilines is 1. The van der Waals surface area contributed by atoms with E-state index in [0.717, 1.165) is 42.1 Å². The third-order valence-electron chi connectivity index (χ3n) is 4.42. The molecule has 3 rings (SSSR count). The SMILES string of the molecule is CCCC(=O)N1CCCC(C(=O)Nc2cccc(-c3nccs3)c2)C1. The number of carbonyl (C=O) groups excluding carboxylic acids is 2. The maximum Gasteiger partial charge on any atom is 0.229 e. The molecule has 1 aromatic carbocycles. The summed E-state index contributed by atoms with van der Waals surface area (Å²) in [6.07, 6.45) is 4.88. The van der Waals surface area contributed by atoms with Crippen molar-refractivity contribution in [2.45, 2.75) is 32.6 Å². The first-order valence-electron chi connectivity index (χ1n) is 8.76. The number of aromatic nitrogens is 1. The molecule has 2 amide bonds. The van der Waals surface area contributed by atoms with Crippen LogP contribution in [0.4, 0.5) is 5.69 Å². The molecule has 132 valence electrons. The Labute approximate surface area is 152 Å². The molecule has 1 atom stereocenters. The fraction of sp³-hybridized carbons (Fsp3) is 0.421. The lowest BCUT2D eigenvalue weighted by atomic mass is 9.96. The zero-order chi connectivity index (χ0) is 17.6. The van der Waals surface area contributed by atoms with E-state index in [1.165, 1.54) is 0 Å². The molecule has 5 nitrogen and oxygen atoms in total. The second kappa shape index (κ2) is 8.25. The predicted molar refractivity (Wildman–Crippen MR) is 100 cm³/mol. The molecule has 0 bridgehead atoms. The summed E-state index contributed by atoms with van der Waals surface area (Å²) < 4.78 is 0. The minimum atomic E-state index is -0.141. The lowest BCUT2D eigenvalue weighted by molar-refractivity contribution is -0.134. The number of likely N-dealkylation sites (tertiary alicyclic amines) is 1. The van der Waals surface area contributed by atoms with E-state index in [2.05, 4.69) is 10.3 Å². The number of benzene rings is 1. The zero-order valence-corrected chi connectivity index (χ0v) is 15.2. The van der Waals surface area contributed by atoms with Crippen LogP contribution in [0.25, 0.3) is 10.6 Å². The van der Waals surface area contributed by atoms with Crippen molar-refractivity contribution in [3.63, 3.8) is 0 Å². The molecule has 2 heterocycles. The molecule has 0 spiro atoms. The monoisotopic (exact) mass is 357 g/mol. The minimum Gasteiger partial charge on any atom is -0.342 e. The number of nitrogens with one attached hydrogen (secondary N) is 1. The van der Waals surface area contributed by atoms with E-state index >= 15 is 0 Å². The number of carbonyl (C=O) groups is 2. The number of amides is 2. The first kappa shape index (κ1) is 17.6. The van der Waals surface area contributed by atoms with Gasteiger partial charge in [0.15, 0.2) is 0 Å². The van der Waals surface area contributed by atoms with Gasteiger partial charge in [-0.05, 0) is 31.4 Å². The predicted octanol–water partition coefficient (Wildman–Crippen LogP) is 3.79. The molecule has 2 aromatic rings. The fourth-order valence-corrected chi connectivity index (χ4v) is 3.77. The largest absolute Gasteiger partial charge is 0.342 e. The number of hydrogen-bond acceptors (Lipinski definition) is 4. The quantitative estimate of drug-likeness (QED) is 0.885. The molecule has 1 unspecified atom stereocenters. The topological polar surface area (TPSA) is 62.3 Å². The molecule has 0 saturated carbocycles. The van der Waals surface area contributed by atoms with Crippen molar-refractivity contribution in [1.82, 2.24) is 9.88 Å². The van der Waals surface area contributed by atoms with E-state index in [1.807, 2.05) is 41.5 Å². The van der Waals surface area contributed by atoms with E-state index < -0.39 is 0 Å². The molecule has 1 aliphatic rings. The first-order chi connectivity index (χ1) is 12.2. The van der Waals surface area contributed by atoms with E-state index in [1.54, 1.807) is 17.5 Å². The second-order valence-electron chi connectivity index (χ2n) is 6.34. The molecule has 1 aromatic heterocycles. The van der Waals surface area contributed by atoms with Crippen molar-refractivity contribution >= 4 is 28.8 Å². The van der Waals surface area contributed by atoms with Gasteiger partial charge in [0.1, 0.15) is 5.01 Å². The van der Waals surface area contributed by atoms with Gasteiger partial charge in [0.05, 0.1) is 5.92 Å². The summed E-state index contributed by atoms with van der Waals surface area (Å²) in [4.78, 5) is 30.9. The molecule has 1 saturated heterocycles. The van der Waals surface area contributed by atoms with Gasteiger partial charge in [0.2, 0.25) is 11.8 Å². The Kier molecular flexibility index (Phi) is 5.81. The van der Waals surface area contributed by atoms with Crippen LogP contribution >= 0.6 is 11.3 Å². The standard InChI is InChI=1S/C19H23N3O2S/c1-2-5-17(23)22-10-4-7-15(13-22)18(24)21-16-8-3-6-14(12-16)19-20-9-11-25-19/h3,6,8-9,11-12,15H,2,4-5,7,10,13H2,1H3,(H,21,24). The summed E-state index contributed by atoms with van der Waals surface area (Å²) in [6.45, 7) is 3.29. The van der Waals surface area contributed by atoms with Crippen LogP contribution in [0.5, 0.6) is 0 Å². The van der Waals surface area contributed by atoms with Crippen molar-refractivity contribution < 1.29 is 9.59 Å². The Morgan fingerprint density at radius 3 is 3.04 bits per heavy atom. The highest BCUT2D eigenvalue weighted by atomic mass is 32.1. The van der Waals surface area contributed by atoms with Gasteiger partial charge in [-0.1, -0.05) is 19.1 Å². The third-order valence-corrected chi connectivity index (χ3v) is 5.24. The highest BCUT2D eigenvalue weighted by Crippen LogP contribution is 2.25. The minimum absolute atomic E-state index is 0.00899. The van der Waals surface area contributed by atoms with Crippen molar-refractivity contribution in [2.24, 2.45) is 5.92 Å². The van der Waals surface area contributed by atoms with E-state index in [0.29, 0.717) is 13.0 Å². The van der Waals surface area contributed by atoms with Gasteiger partial charge >= 0.3 is 0 Å². The molecule has 1 fully saturated rings. The van der Waals surface area contributed by atoms with E-state index in [-0.39, 0.29) is 17.7 Å². The van der Waals surface area contributed by atoms with Crippen molar-refractivity contribution in [1.29, 1.82) is 0 Å². The normalized spacial score (nSPS) is 17.3. The van der Waals surface area contributed by atoms with Crippen LogP contribution in [-0.2, 0) is 9.59 Å². The Morgan fingerprint density at radius 2 is 2.28 bits per heavy atom. The Balaban J connectivity index is 1.64. The van der Waals surface area contributed by atoms with Crippen molar-refractivity contribution in [3.05, 3.63) is 35.8 Å². The van der Waals surface area contributed by atoms with Crippen LogP contribution in [0.2, 0.25) is 0 Å². The summed E-state index contributed by atoms with van der Waals surface area (Å²) in [7, 11) is 0. The van der Waals surface area contributed by atoms with Gasteiger partial charge in [0, 0.05) is 42.3 Å². The first-order valence-corrected chi connectivity index (χ1v) is 9.64. The van der Waals surface area contributed by atoms with E-state index in [4.69, 9.17) is 0 Å². The molecular weight excluding hydrogens is 334 g/mol. The number of piperidine rings is 1. The molecule has 0 radical (unpaired) electrons. The van der Waals surface area contributed by atoms with Gasteiger partial charge in [0.25, 0.3) is 0 Å². The number of rotatable bonds is 5. The lowest BCUT2D eigenvalue weighted by Crippen LogP contribution is -2.43. The van der Waals surface area contributed by atoms with Crippen molar-refractivity contribution in [3.8, 4) is 10.6 Å². The maximum absolute atomic E-state index is 12.6. The molecule has 1 N–H and O–H groups in total. The number of nitrogens with zero attached hydrogens (tertiary/aromatic N) is 2. The zero-order valence-electron chi connectivity index (χ0n) is 14.4. The number of thiazole rings is 1. The van der Waals surface area contributed by atoms with Crippen LogP contribution in [-0.4, -0.2) is 34.8 Å². The van der Waals surface area contributed by atoms with Crippen LogP contribution in [0.3, 0.4) is 0 Å². The third kappa shape index (κ3) is 4.45. The van der Waals surface area contributed by atoms with Crippen LogP contribution in [0.15, 0.2) is 35.8 Å². The van der Waals surface area contributed by atoms with Crippen LogP contribution in [0, 0.1) is 5.92 Å². The summed E-state index contributed by atoms with van der Waals surface area (Å²) in [5.74, 6) is 0.00845. The fourth-order valence-electron chi connectivity index (χ4n) is 3.13. The Bertz CT molecular complexity index is 730. The summed E-state index contributed by atoms with van der Waals surface area (Å²) in [6, 6.07) is 7.74. The van der Waals surface area contributed by atoms with Gasteiger partial charge in [-0.3, -0.25) is 9.59 Å². The lowest BCUT2D eigenvalue weighted by Gasteiger charge is -2.32. The molecule has 0 aliphatic carbocycles. The summed E-state index contributed by atoms with van der Waals surface area (Å²) >= 11 is 1.57. The van der Waals surface area contributed by atoms with Gasteiger partial charge in [-0.2, -0.15) is 0 Å². The average Bonchev–Trinajstić information content (AvgIpc) is 3.17. The average molecular weight is 357 g/mol. The second-order valence-corrected chi connectivity index (χ2v) is 7.23. The highest BCUT2D eigenvalue weighted by molar-refractivity contribution is 7.13. The van der Waals surface area contributed by atoms with E-state index in [9.17, 15) is 9.59 Å². The Morgan fingerprint density at radius 1 is 1.40 bits per heavy atom. The molecule has 25 heavy (non-hydrogen) atoms. The van der Waals surface area contributed by atoms with Gasteiger partial charge < -0.3 is 10.2 Å². The number of hydrogen-bond donors (Lipinski definition) is 1. The Hall–Kier alpha value is -2.21. The smallest absolute Gasteiger partial charge is 0.229 e. The van der Waals surface area contributed by atoms with Gasteiger partial charge in [-0.15, -0.1) is 11.3 Å². The maximum atomic E-state index is 12.6. The summed E-state index contributed by atoms with van der Waals surface area (Å²) in [5, 5.41) is 5.88. The van der Waals surface area contributed by atoms with Crippen molar-refractivity contribution in [2.75, 3.05) is 18.4 Å².